The molecule has 0 saturated carbocycles. The lowest BCUT2D eigenvalue weighted by Gasteiger charge is -2.12. The highest BCUT2D eigenvalue weighted by Gasteiger charge is 2.15. The van der Waals surface area contributed by atoms with E-state index < -0.39 is 18.5 Å². The minimum absolute atomic E-state index is 0.00244. The summed E-state index contributed by atoms with van der Waals surface area (Å²) in [6.45, 7) is 1.27. The molecule has 2 N–H and O–H groups in total. The third-order valence-electron chi connectivity index (χ3n) is 3.39. The van der Waals surface area contributed by atoms with Crippen molar-refractivity contribution in [2.75, 3.05) is 26.1 Å². The predicted molar refractivity (Wildman–Crippen MR) is 91.3 cm³/mol. The van der Waals surface area contributed by atoms with E-state index >= 15 is 0 Å². The van der Waals surface area contributed by atoms with Crippen LogP contribution >= 0.6 is 0 Å². The van der Waals surface area contributed by atoms with Crippen LogP contribution in [-0.4, -0.2) is 37.8 Å². The van der Waals surface area contributed by atoms with Crippen LogP contribution in [0.5, 0.6) is 17.2 Å². The van der Waals surface area contributed by atoms with Gasteiger partial charge in [0.05, 0.1) is 19.9 Å². The fourth-order valence-corrected chi connectivity index (χ4v) is 2.12. The van der Waals surface area contributed by atoms with Crippen LogP contribution in [0.15, 0.2) is 36.4 Å². The summed E-state index contributed by atoms with van der Waals surface area (Å²) in [6, 6.07) is 9.47. The van der Waals surface area contributed by atoms with E-state index in [1.54, 1.807) is 31.2 Å². The normalized spacial score (nSPS) is 10.0. The van der Waals surface area contributed by atoms with E-state index in [1.165, 1.54) is 26.4 Å². The Morgan fingerprint density at radius 1 is 1.08 bits per heavy atom. The Morgan fingerprint density at radius 3 is 2.48 bits per heavy atom. The van der Waals surface area contributed by atoms with Gasteiger partial charge in [0.1, 0.15) is 22.8 Å². The van der Waals surface area contributed by atoms with Gasteiger partial charge in [-0.1, -0.05) is 6.07 Å². The number of aryl methyl sites for hydroxylation is 1. The van der Waals surface area contributed by atoms with Crippen LogP contribution in [0.2, 0.25) is 0 Å². The van der Waals surface area contributed by atoms with Gasteiger partial charge in [-0.15, -0.1) is 0 Å². The van der Waals surface area contributed by atoms with Gasteiger partial charge in [-0.2, -0.15) is 0 Å². The minimum atomic E-state index is -0.787. The van der Waals surface area contributed by atoms with Crippen LogP contribution in [0.1, 0.15) is 15.9 Å². The zero-order chi connectivity index (χ0) is 18.4. The van der Waals surface area contributed by atoms with Gasteiger partial charge >= 0.3 is 5.97 Å². The van der Waals surface area contributed by atoms with Crippen molar-refractivity contribution >= 4 is 17.6 Å². The number of phenols is 1. The van der Waals surface area contributed by atoms with Gasteiger partial charge in [0.25, 0.3) is 5.91 Å². The Hall–Kier alpha value is -3.22. The summed E-state index contributed by atoms with van der Waals surface area (Å²) in [7, 11) is 2.97. The predicted octanol–water partition coefficient (Wildman–Crippen LogP) is 2.51. The highest BCUT2D eigenvalue weighted by Crippen LogP contribution is 2.28. The number of nitrogens with one attached hydrogen (secondary N) is 1. The van der Waals surface area contributed by atoms with Crippen molar-refractivity contribution in [2.45, 2.75) is 6.92 Å². The lowest BCUT2D eigenvalue weighted by atomic mass is 10.1. The molecule has 0 heterocycles. The number of rotatable bonds is 6. The van der Waals surface area contributed by atoms with Crippen molar-refractivity contribution in [1.29, 1.82) is 0 Å². The first-order chi connectivity index (χ1) is 11.9. The second-order valence-electron chi connectivity index (χ2n) is 5.21. The maximum absolute atomic E-state index is 12.0. The van der Waals surface area contributed by atoms with Crippen molar-refractivity contribution in [3.05, 3.63) is 47.5 Å². The standard InChI is InChI=1S/C18H19NO6/c1-11-4-6-13(15(20)8-11)18(22)25-10-17(21)19-14-9-12(23-2)5-7-16(14)24-3/h4-9,20H,10H2,1-3H3,(H,19,21). The second-order valence-corrected chi connectivity index (χ2v) is 5.21. The lowest BCUT2D eigenvalue weighted by Crippen LogP contribution is -2.21. The molecule has 25 heavy (non-hydrogen) atoms. The SMILES string of the molecule is COc1ccc(OC)c(NC(=O)COC(=O)c2ccc(C)cc2O)c1. The third kappa shape index (κ3) is 4.63. The molecule has 2 rings (SSSR count). The minimum Gasteiger partial charge on any atom is -0.507 e. The number of phenolic OH excluding ortho intramolecular Hbond substituents is 1. The maximum Gasteiger partial charge on any atom is 0.342 e. The number of amides is 1. The molecule has 0 spiro atoms. The van der Waals surface area contributed by atoms with Crippen molar-refractivity contribution in [2.24, 2.45) is 0 Å². The van der Waals surface area contributed by atoms with Crippen LogP contribution in [0.25, 0.3) is 0 Å². The molecule has 0 radical (unpaired) electrons. The smallest absolute Gasteiger partial charge is 0.342 e. The van der Waals surface area contributed by atoms with E-state index in [0.717, 1.165) is 5.56 Å². The quantitative estimate of drug-likeness (QED) is 0.781. The van der Waals surface area contributed by atoms with E-state index in [0.29, 0.717) is 17.2 Å². The largest absolute Gasteiger partial charge is 0.507 e. The Morgan fingerprint density at radius 2 is 1.84 bits per heavy atom. The molecule has 0 unspecified atom stereocenters. The van der Waals surface area contributed by atoms with Crippen LogP contribution < -0.4 is 14.8 Å². The molecule has 132 valence electrons. The van der Waals surface area contributed by atoms with E-state index in [1.807, 2.05) is 0 Å². The van der Waals surface area contributed by atoms with Crippen LogP contribution in [0.4, 0.5) is 5.69 Å². The summed E-state index contributed by atoms with van der Waals surface area (Å²) in [5.74, 6) is -0.550. The van der Waals surface area contributed by atoms with E-state index in [9.17, 15) is 14.7 Å². The number of anilines is 1. The molecule has 0 aliphatic rings. The van der Waals surface area contributed by atoms with Crippen molar-refractivity contribution < 1.29 is 28.9 Å². The molecular weight excluding hydrogens is 326 g/mol. The first kappa shape index (κ1) is 18.1. The topological polar surface area (TPSA) is 94.1 Å². The zero-order valence-electron chi connectivity index (χ0n) is 14.2. The molecule has 7 nitrogen and oxygen atoms in total. The lowest BCUT2D eigenvalue weighted by molar-refractivity contribution is -0.119. The number of esters is 1. The van der Waals surface area contributed by atoms with Gasteiger partial charge in [-0.25, -0.2) is 4.79 Å². The summed E-state index contributed by atoms with van der Waals surface area (Å²) < 4.78 is 15.2. The summed E-state index contributed by atoms with van der Waals surface area (Å²) in [5.41, 5.74) is 1.19. The number of benzene rings is 2. The number of methoxy groups -OCH3 is 2. The molecule has 2 aromatic carbocycles. The Labute approximate surface area is 145 Å². The van der Waals surface area contributed by atoms with Crippen molar-refractivity contribution in [3.63, 3.8) is 0 Å². The van der Waals surface area contributed by atoms with Gasteiger partial charge in [-0.05, 0) is 36.8 Å². The Balaban J connectivity index is 2.00. The highest BCUT2D eigenvalue weighted by molar-refractivity contribution is 5.97. The first-order valence-electron chi connectivity index (χ1n) is 7.43. The van der Waals surface area contributed by atoms with Gasteiger partial charge < -0.3 is 24.6 Å². The second kappa shape index (κ2) is 8.05. The summed E-state index contributed by atoms with van der Waals surface area (Å²) in [6.07, 6.45) is 0. The molecule has 1 amide bonds. The molecule has 0 aromatic heterocycles. The molecule has 0 fully saturated rings. The average molecular weight is 345 g/mol. The van der Waals surface area contributed by atoms with Gasteiger partial charge in [0.2, 0.25) is 0 Å². The van der Waals surface area contributed by atoms with E-state index in [-0.39, 0.29) is 11.3 Å². The van der Waals surface area contributed by atoms with E-state index in [2.05, 4.69) is 5.32 Å². The number of aromatic hydroxyl groups is 1. The van der Waals surface area contributed by atoms with Gasteiger partial charge in [-0.3, -0.25) is 4.79 Å². The molecule has 0 aliphatic carbocycles. The van der Waals surface area contributed by atoms with Gasteiger partial charge in [0.15, 0.2) is 6.61 Å². The van der Waals surface area contributed by atoms with Crippen LogP contribution in [0.3, 0.4) is 0 Å². The first-order valence-corrected chi connectivity index (χ1v) is 7.43. The fraction of sp³-hybridized carbons (Fsp3) is 0.222. The third-order valence-corrected chi connectivity index (χ3v) is 3.39. The summed E-state index contributed by atoms with van der Waals surface area (Å²) >= 11 is 0. The number of carbonyl (C=O) groups excluding carboxylic acids is 2. The Bertz CT molecular complexity index is 787. The maximum atomic E-state index is 12.0. The molecule has 0 bridgehead atoms. The summed E-state index contributed by atoms with van der Waals surface area (Å²) in [4.78, 5) is 24.0. The molecular formula is C18H19NO6. The molecule has 7 heteroatoms. The molecule has 0 aliphatic heterocycles. The number of hydrogen-bond acceptors (Lipinski definition) is 6. The average Bonchev–Trinajstić information content (AvgIpc) is 2.59. The van der Waals surface area contributed by atoms with Gasteiger partial charge in [0, 0.05) is 6.07 Å². The van der Waals surface area contributed by atoms with E-state index in [4.69, 9.17) is 14.2 Å². The monoisotopic (exact) mass is 345 g/mol. The molecule has 0 atom stereocenters. The molecule has 2 aromatic rings. The van der Waals surface area contributed by atoms with Crippen LogP contribution in [0, 0.1) is 6.92 Å². The number of hydrogen-bond donors (Lipinski definition) is 2. The fourth-order valence-electron chi connectivity index (χ4n) is 2.12. The number of ether oxygens (including phenoxy) is 3. The highest BCUT2D eigenvalue weighted by atomic mass is 16.5. The summed E-state index contributed by atoms with van der Waals surface area (Å²) in [5, 5.41) is 12.3. The van der Waals surface area contributed by atoms with Crippen molar-refractivity contribution in [1.82, 2.24) is 0 Å². The zero-order valence-corrected chi connectivity index (χ0v) is 14.2. The van der Waals surface area contributed by atoms with Crippen LogP contribution in [-0.2, 0) is 9.53 Å². The Kier molecular flexibility index (Phi) is 5.84. The van der Waals surface area contributed by atoms with Crippen molar-refractivity contribution in [3.8, 4) is 17.2 Å². The number of carbonyl (C=O) groups is 2. The molecule has 0 saturated heterocycles.